The number of benzene rings is 3. The molecule has 0 radical (unpaired) electrons. The molecule has 1 saturated heterocycles. The van der Waals surface area contributed by atoms with Crippen LogP contribution in [-0.2, 0) is 22.4 Å². The molecule has 3 aromatic carbocycles. The monoisotopic (exact) mass is 724 g/mol. The maximum atomic E-state index is 13.4. The number of amides is 1. The Balaban J connectivity index is 1.49. The Hall–Kier alpha value is -3.20. The third kappa shape index (κ3) is 9.91. The molecular formula is C31H32Cl2F6N4O3S. The number of hydrogen-bond acceptors (Lipinski definition) is 5. The van der Waals surface area contributed by atoms with E-state index in [1.165, 1.54) is 7.05 Å². The van der Waals surface area contributed by atoms with Gasteiger partial charge in [0.1, 0.15) is 0 Å². The molecule has 47 heavy (non-hydrogen) atoms. The van der Waals surface area contributed by atoms with Crippen molar-refractivity contribution in [1.82, 2.24) is 9.80 Å². The number of likely N-dealkylation sites (N-methyl/N-ethyl adjacent to an activating group) is 1. The van der Waals surface area contributed by atoms with Gasteiger partial charge >= 0.3 is 12.4 Å². The van der Waals surface area contributed by atoms with Crippen LogP contribution in [0.25, 0.3) is 0 Å². The highest BCUT2D eigenvalue weighted by molar-refractivity contribution is 7.92. The molecule has 1 aliphatic heterocycles. The lowest BCUT2D eigenvalue weighted by Crippen LogP contribution is -2.47. The molecule has 4 rings (SSSR count). The number of halogens is 8. The number of nitrogens with one attached hydrogen (secondary N) is 1. The molecule has 1 heterocycles. The van der Waals surface area contributed by atoms with Crippen LogP contribution < -0.4 is 9.62 Å². The van der Waals surface area contributed by atoms with Gasteiger partial charge in [-0.2, -0.15) is 26.3 Å². The van der Waals surface area contributed by atoms with Crippen LogP contribution in [0.1, 0.15) is 39.4 Å². The summed E-state index contributed by atoms with van der Waals surface area (Å²) in [6.45, 7) is 2.95. The summed E-state index contributed by atoms with van der Waals surface area (Å²) < 4.78 is 107. The Kier molecular flexibility index (Phi) is 11.3. The standard InChI is InChI=1S/C31H32Cl2F6N4O3S/c1-41(29(44)22-15-23(30(34,35)36)18-24(16-22)31(37,38)39)19-21(20-7-8-25(32)26(33)17-20)9-10-42-11-13-43(14-12-42)28-6-4-3-5-27(28)40-47(2,45)46/h3-8,15-18,21,40H,9-14,19H2,1-2H3/t21-/m1/s1. The molecular weight excluding hydrogens is 693 g/mol. The highest BCUT2D eigenvalue weighted by Crippen LogP contribution is 2.37. The molecule has 0 aliphatic carbocycles. The lowest BCUT2D eigenvalue weighted by Gasteiger charge is -2.37. The molecule has 1 atom stereocenters. The average molecular weight is 726 g/mol. The molecule has 1 aliphatic rings. The molecule has 1 N–H and O–H groups in total. The fourth-order valence-electron chi connectivity index (χ4n) is 5.43. The van der Waals surface area contributed by atoms with Gasteiger partial charge in [-0.25, -0.2) is 8.42 Å². The lowest BCUT2D eigenvalue weighted by molar-refractivity contribution is -0.143. The molecule has 0 unspecified atom stereocenters. The van der Waals surface area contributed by atoms with E-state index in [2.05, 4.69) is 14.5 Å². The summed E-state index contributed by atoms with van der Waals surface area (Å²) in [5.74, 6) is -1.40. The van der Waals surface area contributed by atoms with Gasteiger partial charge in [0, 0.05) is 51.3 Å². The van der Waals surface area contributed by atoms with Gasteiger partial charge in [0.05, 0.1) is 38.8 Å². The molecule has 1 fully saturated rings. The highest BCUT2D eigenvalue weighted by atomic mass is 35.5. The van der Waals surface area contributed by atoms with Crippen LogP contribution in [0.2, 0.25) is 10.0 Å². The largest absolute Gasteiger partial charge is 0.416 e. The number of carbonyl (C=O) groups is 1. The molecule has 0 aromatic heterocycles. The van der Waals surface area contributed by atoms with Gasteiger partial charge in [0.2, 0.25) is 10.0 Å². The quantitative estimate of drug-likeness (QED) is 0.220. The van der Waals surface area contributed by atoms with E-state index < -0.39 is 50.9 Å². The third-order valence-electron chi connectivity index (χ3n) is 7.80. The normalized spacial score (nSPS) is 15.4. The van der Waals surface area contributed by atoms with E-state index in [9.17, 15) is 39.6 Å². The summed E-state index contributed by atoms with van der Waals surface area (Å²) in [4.78, 5) is 18.6. The first kappa shape index (κ1) is 36.6. The van der Waals surface area contributed by atoms with Crippen molar-refractivity contribution in [2.45, 2.75) is 24.7 Å². The zero-order valence-corrected chi connectivity index (χ0v) is 27.6. The predicted molar refractivity (Wildman–Crippen MR) is 171 cm³/mol. The summed E-state index contributed by atoms with van der Waals surface area (Å²) in [7, 11) is -2.16. The molecule has 0 bridgehead atoms. The van der Waals surface area contributed by atoms with Crippen molar-refractivity contribution in [1.29, 1.82) is 0 Å². The van der Waals surface area contributed by atoms with Crippen LogP contribution in [0.5, 0.6) is 0 Å². The maximum Gasteiger partial charge on any atom is 0.416 e. The van der Waals surface area contributed by atoms with Crippen molar-refractivity contribution < 1.29 is 39.6 Å². The highest BCUT2D eigenvalue weighted by Gasteiger charge is 2.38. The molecule has 1 amide bonds. The van der Waals surface area contributed by atoms with Gasteiger partial charge in [-0.3, -0.25) is 14.4 Å². The third-order valence-corrected chi connectivity index (χ3v) is 9.13. The number of carbonyl (C=O) groups excluding carboxylic acids is 1. The Morgan fingerprint density at radius 2 is 1.49 bits per heavy atom. The minimum absolute atomic E-state index is 0.0180. The number of para-hydroxylation sites is 2. The number of anilines is 2. The minimum atomic E-state index is -5.09. The van der Waals surface area contributed by atoms with Crippen molar-refractivity contribution in [3.63, 3.8) is 0 Å². The summed E-state index contributed by atoms with van der Waals surface area (Å²) >= 11 is 12.4. The maximum absolute atomic E-state index is 13.4. The SMILES string of the molecule is CN(C[C@@H](CCN1CCN(c2ccccc2NS(C)(=O)=O)CC1)c1ccc(Cl)c(Cl)c1)C(=O)c1cc(C(F)(F)F)cc(C(F)(F)F)c1. The minimum Gasteiger partial charge on any atom is -0.367 e. The van der Waals surface area contributed by atoms with Crippen LogP contribution in [0, 0.1) is 0 Å². The van der Waals surface area contributed by atoms with Crippen molar-refractivity contribution >= 4 is 50.5 Å². The number of hydrogen-bond donors (Lipinski definition) is 1. The molecule has 16 heteroatoms. The fraction of sp³-hybridized carbons (Fsp3) is 0.387. The number of sulfonamides is 1. The number of nitrogens with zero attached hydrogens (tertiary/aromatic N) is 3. The van der Waals surface area contributed by atoms with Gasteiger partial charge in [0.25, 0.3) is 5.91 Å². The van der Waals surface area contributed by atoms with E-state index in [-0.39, 0.29) is 17.6 Å². The first-order valence-electron chi connectivity index (χ1n) is 14.4. The lowest BCUT2D eigenvalue weighted by atomic mass is 9.94. The van der Waals surface area contributed by atoms with Crippen LogP contribution in [0.15, 0.2) is 60.7 Å². The van der Waals surface area contributed by atoms with Gasteiger partial charge in [-0.05, 0) is 61.0 Å². The summed E-state index contributed by atoms with van der Waals surface area (Å²) in [6, 6.07) is 12.8. The Labute approximate surface area is 279 Å². The zero-order valence-electron chi connectivity index (χ0n) is 25.3. The second kappa shape index (κ2) is 14.5. The molecule has 0 saturated carbocycles. The Morgan fingerprint density at radius 3 is 2.04 bits per heavy atom. The summed E-state index contributed by atoms with van der Waals surface area (Å²) in [5, 5.41) is 0.551. The van der Waals surface area contributed by atoms with Gasteiger partial charge in [-0.15, -0.1) is 0 Å². The zero-order chi connectivity index (χ0) is 34.7. The number of rotatable bonds is 10. The van der Waals surface area contributed by atoms with E-state index in [0.29, 0.717) is 67.6 Å². The van der Waals surface area contributed by atoms with Gasteiger partial charge in [0.15, 0.2) is 0 Å². The second-order valence-corrected chi connectivity index (χ2v) is 13.9. The average Bonchev–Trinajstić information content (AvgIpc) is 2.99. The first-order chi connectivity index (χ1) is 21.8. The molecule has 3 aromatic rings. The van der Waals surface area contributed by atoms with Crippen molar-refractivity contribution in [3.05, 3.63) is 93.0 Å². The van der Waals surface area contributed by atoms with Crippen LogP contribution in [0.3, 0.4) is 0 Å². The summed E-state index contributed by atoms with van der Waals surface area (Å²) in [6.07, 6.45) is -8.63. The Bertz CT molecular complexity index is 1660. The fourth-order valence-corrected chi connectivity index (χ4v) is 6.31. The predicted octanol–water partition coefficient (Wildman–Crippen LogP) is 7.47. The van der Waals surface area contributed by atoms with E-state index in [1.807, 2.05) is 12.1 Å². The van der Waals surface area contributed by atoms with Crippen molar-refractivity contribution in [2.24, 2.45) is 0 Å². The number of piperazine rings is 1. The van der Waals surface area contributed by atoms with E-state index >= 15 is 0 Å². The first-order valence-corrected chi connectivity index (χ1v) is 17.0. The van der Waals surface area contributed by atoms with Crippen molar-refractivity contribution in [3.8, 4) is 0 Å². The summed E-state index contributed by atoms with van der Waals surface area (Å²) in [5.41, 5.74) is -1.96. The van der Waals surface area contributed by atoms with Crippen LogP contribution in [0.4, 0.5) is 37.7 Å². The van der Waals surface area contributed by atoms with E-state index in [0.717, 1.165) is 16.8 Å². The van der Waals surface area contributed by atoms with Crippen molar-refractivity contribution in [2.75, 3.05) is 62.2 Å². The van der Waals surface area contributed by atoms with E-state index in [4.69, 9.17) is 23.2 Å². The molecule has 7 nitrogen and oxygen atoms in total. The smallest absolute Gasteiger partial charge is 0.367 e. The Morgan fingerprint density at radius 1 is 0.894 bits per heavy atom. The second-order valence-electron chi connectivity index (χ2n) is 11.4. The molecule has 256 valence electrons. The van der Waals surface area contributed by atoms with E-state index in [1.54, 1.807) is 30.3 Å². The topological polar surface area (TPSA) is 73.0 Å². The van der Waals surface area contributed by atoms with Gasteiger partial charge < -0.3 is 9.80 Å². The van der Waals surface area contributed by atoms with Crippen LogP contribution in [-0.4, -0.2) is 76.7 Å². The van der Waals surface area contributed by atoms with Gasteiger partial charge in [-0.1, -0.05) is 41.4 Å². The molecule has 0 spiro atoms. The van der Waals surface area contributed by atoms with Crippen LogP contribution >= 0.6 is 23.2 Å². The number of alkyl halides is 6.